The van der Waals surface area contributed by atoms with Crippen LogP contribution in [-0.4, -0.2) is 9.38 Å². The van der Waals surface area contributed by atoms with Crippen LogP contribution in [0, 0.1) is 0 Å². The average Bonchev–Trinajstić information content (AvgIpc) is 3.60. The molecule has 2 aromatic heterocycles. The maximum Gasteiger partial charge on any atom is 0.307 e. The highest BCUT2D eigenvalue weighted by Gasteiger charge is 2.23. The molecule has 8 rings (SSSR count). The van der Waals surface area contributed by atoms with Crippen molar-refractivity contribution in [3.8, 4) is 0 Å². The van der Waals surface area contributed by atoms with Crippen molar-refractivity contribution in [3.63, 3.8) is 0 Å². The zero-order valence-electron chi connectivity index (χ0n) is 23.0. The van der Waals surface area contributed by atoms with E-state index in [2.05, 4.69) is 87.0 Å². The molecule has 0 aliphatic carbocycles. The van der Waals surface area contributed by atoms with Crippen LogP contribution >= 0.6 is 11.6 Å². The zero-order chi connectivity index (χ0) is 28.8. The molecule has 0 aliphatic heterocycles. The zero-order valence-corrected chi connectivity index (χ0v) is 23.8. The normalized spacial score (nSPS) is 11.4. The van der Waals surface area contributed by atoms with Crippen LogP contribution < -0.4 is 9.80 Å². The molecule has 0 N–H and O–H groups in total. The highest BCUT2D eigenvalue weighted by atomic mass is 35.5. The molecule has 0 saturated carbocycles. The van der Waals surface area contributed by atoms with Gasteiger partial charge in [0.1, 0.15) is 0 Å². The number of imidazole rings is 1. The molecule has 0 aliphatic rings. The van der Waals surface area contributed by atoms with E-state index in [4.69, 9.17) is 21.0 Å². The third-order valence-electron chi connectivity index (χ3n) is 7.66. The minimum atomic E-state index is 0.570. The molecule has 0 saturated heterocycles. The van der Waals surface area contributed by atoms with Crippen molar-refractivity contribution in [3.05, 3.63) is 157 Å². The van der Waals surface area contributed by atoms with Gasteiger partial charge in [0.25, 0.3) is 0 Å². The minimum absolute atomic E-state index is 0.570. The Hall–Kier alpha value is -5.52. The monoisotopic (exact) mass is 576 g/mol. The summed E-state index contributed by atoms with van der Waals surface area (Å²) < 4.78 is 8.14. The Balaban J connectivity index is 1.34. The van der Waals surface area contributed by atoms with E-state index in [9.17, 15) is 0 Å². The molecule has 8 aromatic rings. The fourth-order valence-corrected chi connectivity index (χ4v) is 6.04. The van der Waals surface area contributed by atoms with Gasteiger partial charge in [-0.2, -0.15) is 4.98 Å². The van der Waals surface area contributed by atoms with E-state index in [1.54, 1.807) is 0 Å². The highest BCUT2D eigenvalue weighted by molar-refractivity contribution is 6.36. The van der Waals surface area contributed by atoms with Gasteiger partial charge in [-0.3, -0.25) is 4.40 Å². The number of rotatable bonds is 6. The van der Waals surface area contributed by atoms with Crippen molar-refractivity contribution in [1.82, 2.24) is 9.38 Å². The van der Waals surface area contributed by atoms with Gasteiger partial charge in [0.2, 0.25) is 0 Å². The van der Waals surface area contributed by atoms with Crippen molar-refractivity contribution in [1.29, 1.82) is 0 Å². The van der Waals surface area contributed by atoms with Gasteiger partial charge in [0, 0.05) is 22.7 Å². The predicted molar refractivity (Wildman–Crippen MR) is 177 cm³/mol. The Kier molecular flexibility index (Phi) is 6.09. The van der Waals surface area contributed by atoms with E-state index >= 15 is 0 Å². The number of hydrogen-bond donors (Lipinski definition) is 0. The molecule has 6 heteroatoms. The van der Waals surface area contributed by atoms with Crippen LogP contribution in [0.5, 0.6) is 0 Å². The van der Waals surface area contributed by atoms with Gasteiger partial charge in [0.05, 0.1) is 32.9 Å². The summed E-state index contributed by atoms with van der Waals surface area (Å²) in [6.07, 6.45) is 0. The number of hydrogen-bond acceptors (Lipinski definition) is 4. The third kappa shape index (κ3) is 4.30. The summed E-state index contributed by atoms with van der Waals surface area (Å²) in [5.41, 5.74) is 9.33. The molecule has 0 atom stereocenters. The lowest BCUT2D eigenvalue weighted by atomic mass is 10.1. The van der Waals surface area contributed by atoms with Crippen molar-refractivity contribution in [2.45, 2.75) is 0 Å². The molecule has 206 valence electrons. The number of benzene rings is 6. The Labute approximate surface area is 253 Å². The average molecular weight is 577 g/mol. The molecule has 0 spiro atoms. The van der Waals surface area contributed by atoms with Crippen LogP contribution in [0.3, 0.4) is 0 Å². The molecule has 0 unspecified atom stereocenters. The molecule has 0 radical (unpaired) electrons. The summed E-state index contributed by atoms with van der Waals surface area (Å²) in [7, 11) is 0. The van der Waals surface area contributed by atoms with E-state index in [1.807, 2.05) is 78.9 Å². The predicted octanol–water partition coefficient (Wildman–Crippen LogP) is 10.8. The number of aromatic nitrogens is 2. The lowest BCUT2D eigenvalue weighted by molar-refractivity contribution is 0.643. The highest BCUT2D eigenvalue weighted by Crippen LogP contribution is 2.46. The molecule has 0 bridgehead atoms. The van der Waals surface area contributed by atoms with Crippen LogP contribution in [0.4, 0.5) is 34.1 Å². The lowest BCUT2D eigenvalue weighted by Crippen LogP contribution is -2.14. The number of para-hydroxylation sites is 5. The van der Waals surface area contributed by atoms with Crippen molar-refractivity contribution < 1.29 is 4.42 Å². The number of halogens is 1. The molecular weight excluding hydrogens is 552 g/mol. The molecular formula is C37H25ClN4O. The first kappa shape index (κ1) is 25.2. The molecule has 5 nitrogen and oxygen atoms in total. The number of oxazole rings is 1. The number of anilines is 6. The standard InChI is InChI=1S/C37H25ClN4O/c38-36-32(40(26-13-4-1-5-14-26)27-15-6-2-7-16-27)20-12-21-33(36)41(28-17-8-3-9-18-28)29-23-24-30-34(25-29)42-31-19-10-11-22-35(31)43-37(42)39-30/h1-25H. The Morgan fingerprint density at radius 2 is 1.05 bits per heavy atom. The first-order chi connectivity index (χ1) is 21.3. The molecule has 0 amide bonds. The molecule has 43 heavy (non-hydrogen) atoms. The smallest absolute Gasteiger partial charge is 0.307 e. The summed E-state index contributed by atoms with van der Waals surface area (Å²) in [5, 5.41) is 0.631. The van der Waals surface area contributed by atoms with Crippen LogP contribution in [0.25, 0.3) is 28.0 Å². The summed E-state index contributed by atoms with van der Waals surface area (Å²) in [6.45, 7) is 0. The maximum absolute atomic E-state index is 7.43. The Morgan fingerprint density at radius 1 is 0.512 bits per heavy atom. The second-order valence-electron chi connectivity index (χ2n) is 10.3. The van der Waals surface area contributed by atoms with Gasteiger partial charge >= 0.3 is 5.84 Å². The topological polar surface area (TPSA) is 36.9 Å². The van der Waals surface area contributed by atoms with Gasteiger partial charge in [0.15, 0.2) is 5.58 Å². The van der Waals surface area contributed by atoms with Crippen molar-refractivity contribution in [2.24, 2.45) is 0 Å². The first-order valence-electron chi connectivity index (χ1n) is 14.1. The lowest BCUT2D eigenvalue weighted by Gasteiger charge is -2.31. The number of fused-ring (bicyclic) bond motifs is 5. The van der Waals surface area contributed by atoms with Crippen LogP contribution in [0.1, 0.15) is 0 Å². The maximum atomic E-state index is 7.43. The molecule has 0 fully saturated rings. The van der Waals surface area contributed by atoms with Crippen LogP contribution in [0.2, 0.25) is 5.02 Å². The van der Waals surface area contributed by atoms with Gasteiger partial charge in [-0.1, -0.05) is 84.4 Å². The van der Waals surface area contributed by atoms with Gasteiger partial charge in [-0.05, 0) is 78.9 Å². The second kappa shape index (κ2) is 10.4. The minimum Gasteiger partial charge on any atom is -0.423 e. The van der Waals surface area contributed by atoms with Gasteiger partial charge < -0.3 is 14.2 Å². The summed E-state index contributed by atoms with van der Waals surface area (Å²) in [4.78, 5) is 9.15. The summed E-state index contributed by atoms with van der Waals surface area (Å²) >= 11 is 7.43. The SMILES string of the molecule is Clc1c(N(c2ccccc2)c2ccccc2)cccc1N(c1ccccc1)c1ccc2nc3oc4ccccc4n3c2c1. The van der Waals surface area contributed by atoms with Gasteiger partial charge in [-0.25, -0.2) is 0 Å². The van der Waals surface area contributed by atoms with Crippen LogP contribution in [-0.2, 0) is 0 Å². The van der Waals surface area contributed by atoms with Crippen molar-refractivity contribution in [2.75, 3.05) is 9.80 Å². The van der Waals surface area contributed by atoms with Crippen LogP contribution in [0.15, 0.2) is 156 Å². The Bertz CT molecular complexity index is 2170. The molecule has 2 heterocycles. The number of nitrogens with zero attached hydrogens (tertiary/aromatic N) is 4. The van der Waals surface area contributed by atoms with E-state index in [0.29, 0.717) is 10.9 Å². The Morgan fingerprint density at radius 3 is 1.65 bits per heavy atom. The fourth-order valence-electron chi connectivity index (χ4n) is 5.75. The van der Waals surface area contributed by atoms with E-state index in [-0.39, 0.29) is 0 Å². The van der Waals surface area contributed by atoms with Crippen molar-refractivity contribution >= 4 is 73.7 Å². The summed E-state index contributed by atoms with van der Waals surface area (Å²) in [6, 6.07) is 51.4. The quantitative estimate of drug-likeness (QED) is 0.197. The largest absolute Gasteiger partial charge is 0.423 e. The first-order valence-corrected chi connectivity index (χ1v) is 14.5. The fraction of sp³-hybridized carbons (Fsp3) is 0. The van der Waals surface area contributed by atoms with E-state index < -0.39 is 0 Å². The van der Waals surface area contributed by atoms with E-state index in [1.165, 1.54) is 0 Å². The van der Waals surface area contributed by atoms with E-state index in [0.717, 1.165) is 56.3 Å². The van der Waals surface area contributed by atoms with Gasteiger partial charge in [-0.15, -0.1) is 0 Å². The molecule has 6 aromatic carbocycles. The second-order valence-corrected chi connectivity index (χ2v) is 10.6. The summed E-state index contributed by atoms with van der Waals surface area (Å²) in [5.74, 6) is 0.570. The third-order valence-corrected chi connectivity index (χ3v) is 8.04.